The van der Waals surface area contributed by atoms with Crippen molar-refractivity contribution in [1.82, 2.24) is 15.3 Å². The van der Waals surface area contributed by atoms with Gasteiger partial charge in [0.15, 0.2) is 0 Å². The van der Waals surface area contributed by atoms with Crippen molar-refractivity contribution >= 4 is 29.1 Å². The standard InChI is InChI=1S/C26H14ClF5N4O3/c27-19-3-2-14(28)9-17(19)22-21-18(24(38)36-22)10-16(39-25-33-4-1-5-34-25)11-20(21)35-23(37)12-6-13(26(30,31)32)8-15(29)7-12/h1-11,22H,(H,35,37)(H,36,38). The molecule has 2 amide bonds. The fourth-order valence-corrected chi connectivity index (χ4v) is 4.29. The van der Waals surface area contributed by atoms with Gasteiger partial charge in [-0.2, -0.15) is 13.2 Å². The summed E-state index contributed by atoms with van der Waals surface area (Å²) in [7, 11) is 0. The largest absolute Gasteiger partial charge is 0.424 e. The van der Waals surface area contributed by atoms with Crippen molar-refractivity contribution in [2.24, 2.45) is 0 Å². The van der Waals surface area contributed by atoms with Gasteiger partial charge in [-0.15, -0.1) is 0 Å². The molecule has 0 spiro atoms. The van der Waals surface area contributed by atoms with E-state index in [1.165, 1.54) is 36.7 Å². The predicted octanol–water partition coefficient (Wildman–Crippen LogP) is 6.30. The average molecular weight is 561 g/mol. The van der Waals surface area contributed by atoms with Crippen LogP contribution in [-0.4, -0.2) is 21.8 Å². The van der Waals surface area contributed by atoms with Crippen LogP contribution in [-0.2, 0) is 6.18 Å². The quantitative estimate of drug-likeness (QED) is 0.279. The first-order chi connectivity index (χ1) is 18.5. The molecule has 39 heavy (non-hydrogen) atoms. The lowest BCUT2D eigenvalue weighted by atomic mass is 9.95. The number of hydrogen-bond acceptors (Lipinski definition) is 5. The number of nitrogens with zero attached hydrogens (tertiary/aromatic N) is 2. The van der Waals surface area contributed by atoms with Gasteiger partial charge in [0.2, 0.25) is 0 Å². The van der Waals surface area contributed by atoms with Crippen LogP contribution in [0.25, 0.3) is 0 Å². The Morgan fingerprint density at radius 2 is 1.74 bits per heavy atom. The molecular weight excluding hydrogens is 547 g/mol. The number of alkyl halides is 3. The highest BCUT2D eigenvalue weighted by molar-refractivity contribution is 6.31. The normalized spacial score (nSPS) is 14.5. The summed E-state index contributed by atoms with van der Waals surface area (Å²) in [4.78, 5) is 33.8. The Morgan fingerprint density at radius 3 is 2.46 bits per heavy atom. The molecule has 7 nitrogen and oxygen atoms in total. The Bertz CT molecular complexity index is 1620. The SMILES string of the molecule is O=C(Nc1cc(Oc2ncccn2)cc2c1C(c1cc(F)ccc1Cl)NC2=O)c1cc(F)cc(C(F)(F)F)c1. The summed E-state index contributed by atoms with van der Waals surface area (Å²) in [5.41, 5.74) is -1.80. The van der Waals surface area contributed by atoms with E-state index in [0.29, 0.717) is 12.1 Å². The molecule has 5 rings (SSSR count). The van der Waals surface area contributed by atoms with Crippen molar-refractivity contribution in [2.45, 2.75) is 12.2 Å². The lowest BCUT2D eigenvalue weighted by molar-refractivity contribution is -0.137. The average Bonchev–Trinajstić information content (AvgIpc) is 3.21. The smallest absolute Gasteiger partial charge is 0.416 e. The van der Waals surface area contributed by atoms with E-state index in [2.05, 4.69) is 20.6 Å². The summed E-state index contributed by atoms with van der Waals surface area (Å²) >= 11 is 6.27. The van der Waals surface area contributed by atoms with Crippen LogP contribution in [0, 0.1) is 11.6 Å². The highest BCUT2D eigenvalue weighted by Crippen LogP contribution is 2.42. The maximum Gasteiger partial charge on any atom is 0.416 e. The molecule has 0 saturated carbocycles. The number of fused-ring (bicyclic) bond motifs is 1. The van der Waals surface area contributed by atoms with Crippen LogP contribution in [0.15, 0.2) is 67.0 Å². The fraction of sp³-hybridized carbons (Fsp3) is 0.0769. The minimum atomic E-state index is -4.91. The van der Waals surface area contributed by atoms with E-state index >= 15 is 0 Å². The molecule has 4 aromatic rings. The molecule has 1 aliphatic heterocycles. The summed E-state index contributed by atoms with van der Waals surface area (Å²) in [6.07, 6.45) is -2.11. The second-order valence-electron chi connectivity index (χ2n) is 8.32. The lowest BCUT2D eigenvalue weighted by Gasteiger charge is -2.19. The van der Waals surface area contributed by atoms with E-state index in [1.54, 1.807) is 0 Å². The second kappa shape index (κ2) is 9.95. The molecule has 3 aromatic carbocycles. The number of amides is 2. The first-order valence-corrected chi connectivity index (χ1v) is 11.4. The third-order valence-corrected chi connectivity index (χ3v) is 6.06. The number of carbonyl (C=O) groups excluding carboxylic acids is 2. The van der Waals surface area contributed by atoms with Crippen LogP contribution in [0.3, 0.4) is 0 Å². The van der Waals surface area contributed by atoms with E-state index < -0.39 is 46.8 Å². The Morgan fingerprint density at radius 1 is 1.00 bits per heavy atom. The highest BCUT2D eigenvalue weighted by atomic mass is 35.5. The summed E-state index contributed by atoms with van der Waals surface area (Å²) in [6, 6.07) is 7.86. The monoisotopic (exact) mass is 560 g/mol. The number of ether oxygens (including phenoxy) is 1. The van der Waals surface area contributed by atoms with Crippen LogP contribution >= 0.6 is 11.6 Å². The molecule has 0 bridgehead atoms. The van der Waals surface area contributed by atoms with Gasteiger partial charge in [-0.1, -0.05) is 11.6 Å². The molecule has 2 N–H and O–H groups in total. The molecule has 0 fully saturated rings. The number of rotatable bonds is 5. The Hall–Kier alpha value is -4.58. The van der Waals surface area contributed by atoms with E-state index in [-0.39, 0.29) is 45.2 Å². The van der Waals surface area contributed by atoms with E-state index in [0.717, 1.165) is 12.1 Å². The van der Waals surface area contributed by atoms with E-state index in [1.807, 2.05) is 0 Å². The van der Waals surface area contributed by atoms with Gasteiger partial charge in [-0.05, 0) is 48.5 Å². The van der Waals surface area contributed by atoms with Crippen molar-refractivity contribution in [3.63, 3.8) is 0 Å². The number of benzene rings is 3. The molecule has 1 unspecified atom stereocenters. The van der Waals surface area contributed by atoms with Gasteiger partial charge in [0.05, 0.1) is 22.9 Å². The summed E-state index contributed by atoms with van der Waals surface area (Å²) in [6.45, 7) is 0. The summed E-state index contributed by atoms with van der Waals surface area (Å²) in [5.74, 6) is -3.68. The van der Waals surface area contributed by atoms with Crippen molar-refractivity contribution in [1.29, 1.82) is 0 Å². The Balaban J connectivity index is 1.62. The molecule has 1 aliphatic rings. The molecule has 0 aliphatic carbocycles. The lowest BCUT2D eigenvalue weighted by Crippen LogP contribution is -2.21. The summed E-state index contributed by atoms with van der Waals surface area (Å²) in [5, 5.41) is 5.17. The van der Waals surface area contributed by atoms with E-state index in [9.17, 15) is 31.5 Å². The van der Waals surface area contributed by atoms with Crippen molar-refractivity contribution in [2.75, 3.05) is 5.32 Å². The predicted molar refractivity (Wildman–Crippen MR) is 129 cm³/mol. The number of hydrogen-bond donors (Lipinski definition) is 2. The van der Waals surface area contributed by atoms with Crippen molar-refractivity contribution in [3.05, 3.63) is 111 Å². The first kappa shape index (κ1) is 26.0. The van der Waals surface area contributed by atoms with Gasteiger partial charge in [0.25, 0.3) is 11.8 Å². The van der Waals surface area contributed by atoms with Crippen LogP contribution in [0.1, 0.15) is 43.4 Å². The zero-order chi connectivity index (χ0) is 27.9. The van der Waals surface area contributed by atoms with Crippen molar-refractivity contribution in [3.8, 4) is 11.8 Å². The number of anilines is 1. The molecule has 0 radical (unpaired) electrons. The first-order valence-electron chi connectivity index (χ1n) is 11.1. The maximum atomic E-state index is 14.1. The van der Waals surface area contributed by atoms with Crippen LogP contribution in [0.2, 0.25) is 5.02 Å². The number of nitrogens with one attached hydrogen (secondary N) is 2. The maximum absolute atomic E-state index is 14.1. The third kappa shape index (κ3) is 5.36. The van der Waals surface area contributed by atoms with Gasteiger partial charge in [0, 0.05) is 40.2 Å². The molecule has 13 heteroatoms. The number of halogens is 6. The highest BCUT2D eigenvalue weighted by Gasteiger charge is 2.36. The number of carbonyl (C=O) groups is 2. The zero-order valence-electron chi connectivity index (χ0n) is 19.3. The van der Waals surface area contributed by atoms with E-state index in [4.69, 9.17) is 16.3 Å². The zero-order valence-corrected chi connectivity index (χ0v) is 20.1. The molecule has 198 valence electrons. The fourth-order valence-electron chi connectivity index (χ4n) is 4.06. The van der Waals surface area contributed by atoms with Crippen LogP contribution in [0.4, 0.5) is 27.6 Å². The molecule has 1 aromatic heterocycles. The third-order valence-electron chi connectivity index (χ3n) is 5.72. The van der Waals surface area contributed by atoms with Gasteiger partial charge in [-0.3, -0.25) is 9.59 Å². The minimum absolute atomic E-state index is 0.000665. The van der Waals surface area contributed by atoms with Crippen LogP contribution in [0.5, 0.6) is 11.8 Å². The van der Waals surface area contributed by atoms with Gasteiger partial charge in [0.1, 0.15) is 17.4 Å². The van der Waals surface area contributed by atoms with Gasteiger partial charge >= 0.3 is 12.2 Å². The van der Waals surface area contributed by atoms with Crippen LogP contribution < -0.4 is 15.4 Å². The Labute approximate surface area is 221 Å². The molecule has 0 saturated heterocycles. The number of aromatic nitrogens is 2. The van der Waals surface area contributed by atoms with Gasteiger partial charge in [-0.25, -0.2) is 18.7 Å². The summed E-state index contributed by atoms with van der Waals surface area (Å²) < 4.78 is 73.3. The minimum Gasteiger partial charge on any atom is -0.424 e. The molecular formula is C26H14ClF5N4O3. The van der Waals surface area contributed by atoms with Gasteiger partial charge < -0.3 is 15.4 Å². The second-order valence-corrected chi connectivity index (χ2v) is 8.73. The molecule has 2 heterocycles. The van der Waals surface area contributed by atoms with Crippen molar-refractivity contribution < 1.29 is 36.3 Å². The Kier molecular flexibility index (Phi) is 6.64. The topological polar surface area (TPSA) is 93.2 Å². The molecule has 1 atom stereocenters.